The molecule has 2 amide bonds. The van der Waals surface area contributed by atoms with Gasteiger partial charge < -0.3 is 9.80 Å². The quantitative estimate of drug-likeness (QED) is 0.844. The maximum absolute atomic E-state index is 12.6. The molecule has 0 aliphatic carbocycles. The van der Waals surface area contributed by atoms with E-state index in [2.05, 4.69) is 0 Å². The summed E-state index contributed by atoms with van der Waals surface area (Å²) in [6, 6.07) is 8.63. The number of hydrogen-bond acceptors (Lipinski definition) is 2. The van der Waals surface area contributed by atoms with Gasteiger partial charge in [0.25, 0.3) is 0 Å². The summed E-state index contributed by atoms with van der Waals surface area (Å²) in [6.45, 7) is 3.79. The number of carbonyl (C=O) groups excluding carboxylic acids is 2. The summed E-state index contributed by atoms with van der Waals surface area (Å²) >= 11 is 0. The lowest BCUT2D eigenvalue weighted by Crippen LogP contribution is -2.46. The van der Waals surface area contributed by atoms with Gasteiger partial charge in [-0.1, -0.05) is 30.3 Å². The van der Waals surface area contributed by atoms with E-state index in [-0.39, 0.29) is 24.3 Å². The molecule has 0 radical (unpaired) electrons. The van der Waals surface area contributed by atoms with E-state index in [4.69, 9.17) is 0 Å². The van der Waals surface area contributed by atoms with Crippen LogP contribution in [0.5, 0.6) is 0 Å². The zero-order valence-electron chi connectivity index (χ0n) is 13.9. The van der Waals surface area contributed by atoms with Crippen LogP contribution >= 0.6 is 0 Å². The number of hydrogen-bond donors (Lipinski definition) is 0. The van der Waals surface area contributed by atoms with Crippen LogP contribution in [0.25, 0.3) is 0 Å². The second kappa shape index (κ2) is 6.83. The highest BCUT2D eigenvalue weighted by Crippen LogP contribution is 2.32. The van der Waals surface area contributed by atoms with Crippen molar-refractivity contribution in [1.29, 1.82) is 0 Å². The van der Waals surface area contributed by atoms with Crippen molar-refractivity contribution in [1.82, 2.24) is 9.80 Å². The summed E-state index contributed by atoms with van der Waals surface area (Å²) in [5.74, 6) is -2.30. The average Bonchev–Trinajstić information content (AvgIpc) is 2.93. The van der Waals surface area contributed by atoms with Gasteiger partial charge in [-0.3, -0.25) is 9.59 Å². The highest BCUT2D eigenvalue weighted by atomic mass is 19.4. The first-order chi connectivity index (χ1) is 11.1. The number of amides is 2. The number of carbonyl (C=O) groups is 2. The molecule has 0 aromatic heterocycles. The molecule has 1 heterocycles. The molecule has 0 saturated carbocycles. The van der Waals surface area contributed by atoms with Crippen molar-refractivity contribution in [2.24, 2.45) is 5.92 Å². The van der Waals surface area contributed by atoms with Gasteiger partial charge in [0.05, 0.1) is 6.04 Å². The van der Waals surface area contributed by atoms with Crippen molar-refractivity contribution in [3.05, 3.63) is 35.9 Å². The molecular formula is C17H21F3N2O2. The number of halogens is 3. The van der Waals surface area contributed by atoms with Crippen LogP contribution in [0.15, 0.2) is 30.3 Å². The fraction of sp³-hybridized carbons (Fsp3) is 0.529. The normalized spacial score (nSPS) is 20.8. The van der Waals surface area contributed by atoms with Crippen LogP contribution < -0.4 is 0 Å². The molecule has 7 heteroatoms. The summed E-state index contributed by atoms with van der Waals surface area (Å²) in [7, 11) is 1.13. The van der Waals surface area contributed by atoms with E-state index in [1.165, 1.54) is 0 Å². The van der Waals surface area contributed by atoms with E-state index in [1.807, 2.05) is 37.3 Å². The zero-order valence-corrected chi connectivity index (χ0v) is 13.9. The molecule has 1 aromatic carbocycles. The minimum atomic E-state index is -4.90. The summed E-state index contributed by atoms with van der Waals surface area (Å²) in [5, 5.41) is 0. The third kappa shape index (κ3) is 3.71. The summed E-state index contributed by atoms with van der Waals surface area (Å²) in [4.78, 5) is 26.0. The lowest BCUT2D eigenvalue weighted by molar-refractivity contribution is -0.186. The van der Waals surface area contributed by atoms with Crippen molar-refractivity contribution in [3.63, 3.8) is 0 Å². The van der Waals surface area contributed by atoms with Crippen LogP contribution in [0.4, 0.5) is 13.2 Å². The molecule has 1 aromatic rings. The molecule has 1 aliphatic heterocycles. The molecule has 0 unspecified atom stereocenters. The molecule has 0 spiro atoms. The lowest BCUT2D eigenvalue weighted by Gasteiger charge is -2.31. The first-order valence-corrected chi connectivity index (χ1v) is 7.81. The van der Waals surface area contributed by atoms with E-state index < -0.39 is 18.1 Å². The number of alkyl halides is 3. The Balaban J connectivity index is 2.07. The zero-order chi connectivity index (χ0) is 18.1. The number of nitrogens with zero attached hydrogens (tertiary/aromatic N) is 2. The van der Waals surface area contributed by atoms with Crippen molar-refractivity contribution in [2.45, 2.75) is 38.5 Å². The summed E-state index contributed by atoms with van der Waals surface area (Å²) in [6.07, 6.45) is -4.75. The van der Waals surface area contributed by atoms with Crippen LogP contribution in [0, 0.1) is 5.92 Å². The predicted octanol–water partition coefficient (Wildman–Crippen LogP) is 3.01. The maximum atomic E-state index is 12.6. The Morgan fingerprint density at radius 2 is 1.83 bits per heavy atom. The van der Waals surface area contributed by atoms with Crippen LogP contribution in [0.3, 0.4) is 0 Å². The molecule has 3 atom stereocenters. The summed E-state index contributed by atoms with van der Waals surface area (Å²) in [5.41, 5.74) is 0.971. The number of rotatable bonds is 4. The fourth-order valence-electron chi connectivity index (χ4n) is 3.07. The third-order valence-electron chi connectivity index (χ3n) is 4.79. The standard InChI is InChI=1S/C17H21F3N2O2/c1-11(21(3)16(24)17(18,19)20)14-9-15(23)22(10-14)12(2)13-7-5-4-6-8-13/h4-8,11-12,14H,9-10H2,1-3H3/t11-,12-,14-/m0/s1. The number of benzene rings is 1. The van der Waals surface area contributed by atoms with E-state index in [0.717, 1.165) is 12.6 Å². The average molecular weight is 342 g/mol. The third-order valence-corrected chi connectivity index (χ3v) is 4.79. The van der Waals surface area contributed by atoms with Gasteiger partial charge >= 0.3 is 12.1 Å². The van der Waals surface area contributed by atoms with Crippen LogP contribution in [-0.2, 0) is 9.59 Å². The SMILES string of the molecule is C[C@@H]([C@H]1CC(=O)N([C@@H](C)c2ccccc2)C1)N(C)C(=O)C(F)(F)F. The summed E-state index contributed by atoms with van der Waals surface area (Å²) < 4.78 is 37.7. The van der Waals surface area contributed by atoms with E-state index in [0.29, 0.717) is 11.4 Å². The highest BCUT2D eigenvalue weighted by Gasteiger charge is 2.45. The van der Waals surface area contributed by atoms with Gasteiger partial charge in [-0.05, 0) is 19.4 Å². The minimum Gasteiger partial charge on any atom is -0.336 e. The van der Waals surface area contributed by atoms with Gasteiger partial charge in [0.15, 0.2) is 0 Å². The highest BCUT2D eigenvalue weighted by molar-refractivity contribution is 5.82. The van der Waals surface area contributed by atoms with Crippen molar-refractivity contribution < 1.29 is 22.8 Å². The first-order valence-electron chi connectivity index (χ1n) is 7.81. The van der Waals surface area contributed by atoms with Crippen LogP contribution in [0.2, 0.25) is 0 Å². The Labute approximate surface area is 139 Å². The van der Waals surface area contributed by atoms with Gasteiger partial charge in [-0.2, -0.15) is 13.2 Å². The molecule has 2 rings (SSSR count). The van der Waals surface area contributed by atoms with Gasteiger partial charge in [-0.25, -0.2) is 0 Å². The maximum Gasteiger partial charge on any atom is 0.471 e. The second-order valence-corrected chi connectivity index (χ2v) is 6.25. The van der Waals surface area contributed by atoms with Crippen molar-refractivity contribution in [3.8, 4) is 0 Å². The van der Waals surface area contributed by atoms with Gasteiger partial charge in [0, 0.05) is 32.0 Å². The monoisotopic (exact) mass is 342 g/mol. The molecule has 0 bridgehead atoms. The Morgan fingerprint density at radius 3 is 2.38 bits per heavy atom. The molecule has 1 fully saturated rings. The van der Waals surface area contributed by atoms with E-state index in [9.17, 15) is 22.8 Å². The van der Waals surface area contributed by atoms with Crippen LogP contribution in [-0.4, -0.2) is 47.4 Å². The predicted molar refractivity (Wildman–Crippen MR) is 83.0 cm³/mol. The fourth-order valence-corrected chi connectivity index (χ4v) is 3.07. The molecule has 1 aliphatic rings. The minimum absolute atomic E-state index is 0.101. The van der Waals surface area contributed by atoms with Crippen molar-refractivity contribution >= 4 is 11.8 Å². The van der Waals surface area contributed by atoms with E-state index >= 15 is 0 Å². The first kappa shape index (κ1) is 18.3. The van der Waals surface area contributed by atoms with E-state index in [1.54, 1.807) is 11.8 Å². The Kier molecular flexibility index (Phi) is 5.20. The second-order valence-electron chi connectivity index (χ2n) is 6.25. The largest absolute Gasteiger partial charge is 0.471 e. The molecular weight excluding hydrogens is 321 g/mol. The van der Waals surface area contributed by atoms with Gasteiger partial charge in [0.1, 0.15) is 0 Å². The molecule has 132 valence electrons. The molecule has 24 heavy (non-hydrogen) atoms. The number of likely N-dealkylation sites (tertiary alicyclic amines) is 1. The Bertz CT molecular complexity index is 604. The van der Waals surface area contributed by atoms with Gasteiger partial charge in [0.2, 0.25) is 5.91 Å². The molecule has 0 N–H and O–H groups in total. The smallest absolute Gasteiger partial charge is 0.336 e. The van der Waals surface area contributed by atoms with Gasteiger partial charge in [-0.15, -0.1) is 0 Å². The van der Waals surface area contributed by atoms with Crippen LogP contribution in [0.1, 0.15) is 31.9 Å². The topological polar surface area (TPSA) is 40.6 Å². The Hall–Kier alpha value is -2.05. The van der Waals surface area contributed by atoms with Crippen molar-refractivity contribution in [2.75, 3.05) is 13.6 Å². The lowest BCUT2D eigenvalue weighted by atomic mass is 9.99. The Morgan fingerprint density at radius 1 is 1.25 bits per heavy atom. The molecule has 4 nitrogen and oxygen atoms in total. The molecule has 1 saturated heterocycles.